The molecular weight excluding hydrogens is 377 g/mol. The van der Waals surface area contributed by atoms with E-state index in [0.29, 0.717) is 0 Å². The van der Waals surface area contributed by atoms with Gasteiger partial charge in [-0.05, 0) is 0 Å². The van der Waals surface area contributed by atoms with Crippen molar-refractivity contribution in [2.45, 2.75) is 19.9 Å². The van der Waals surface area contributed by atoms with Gasteiger partial charge in [0.1, 0.15) is 0 Å². The molecule has 1 aliphatic heterocycles. The van der Waals surface area contributed by atoms with E-state index in [2.05, 4.69) is 11.9 Å². The number of carbonyl (C=O) groups excluding carboxylic acids is 1. The van der Waals surface area contributed by atoms with E-state index in [4.69, 9.17) is 15.0 Å². The summed E-state index contributed by atoms with van der Waals surface area (Å²) in [5.74, 6) is -0.560. The molecule has 23 heavy (non-hydrogen) atoms. The van der Waals surface area contributed by atoms with Gasteiger partial charge in [-0.2, -0.15) is 0 Å². The third kappa shape index (κ3) is 4.83. The summed E-state index contributed by atoms with van der Waals surface area (Å²) in [5, 5.41) is 3.71. The summed E-state index contributed by atoms with van der Waals surface area (Å²) in [7, 11) is -3.20. The fourth-order valence-electron chi connectivity index (χ4n) is 1.96. The second kappa shape index (κ2) is 7.08. The van der Waals surface area contributed by atoms with Crippen molar-refractivity contribution in [2.24, 2.45) is 0 Å². The van der Waals surface area contributed by atoms with Crippen LogP contribution in [0.5, 0.6) is 0 Å². The van der Waals surface area contributed by atoms with Crippen LogP contribution in [0.3, 0.4) is 0 Å². The van der Waals surface area contributed by atoms with Crippen LogP contribution < -0.4 is 5.32 Å². The number of carbonyl (C=O) groups is 1. The summed E-state index contributed by atoms with van der Waals surface area (Å²) < 4.78 is 22.7. The standard InChI is InChI=1S/C16H17NO3S2.Ni/c1-11(15-9-12(2)13(3)21-15)5-4-6-16(18)17-14-7-8-22(19,20)10-14;/h4-5,7-9,14H,1,10H2,2-3H3,(H,17,18);/b5-4-;/t14-;/m1./s1. The molecule has 0 bridgehead atoms. The molecule has 1 atom stereocenters. The molecule has 126 valence electrons. The van der Waals surface area contributed by atoms with E-state index < -0.39 is 21.8 Å². The molecule has 0 aliphatic carbocycles. The second-order valence-corrected chi connectivity index (χ2v) is 8.98. The molecule has 1 amide bonds. The molecule has 1 aromatic rings. The maximum absolute atomic E-state index is 12.0. The minimum atomic E-state index is -3.20. The molecule has 0 saturated heterocycles. The normalized spacial score (nSPS) is 19.2. The van der Waals surface area contributed by atoms with E-state index in [-0.39, 0.29) is 10.2 Å². The molecule has 0 spiro atoms. The van der Waals surface area contributed by atoms with Crippen LogP contribution in [0.1, 0.15) is 15.3 Å². The van der Waals surface area contributed by atoms with Gasteiger partial charge in [0.05, 0.1) is 0 Å². The molecule has 2 heterocycles. The third-order valence-electron chi connectivity index (χ3n) is 3.35. The molecule has 1 aliphatic rings. The molecule has 2 rings (SSSR count). The van der Waals surface area contributed by atoms with Gasteiger partial charge in [-0.15, -0.1) is 0 Å². The van der Waals surface area contributed by atoms with Crippen molar-refractivity contribution < 1.29 is 28.2 Å². The molecule has 0 unspecified atom stereocenters. The fourth-order valence-corrected chi connectivity index (χ4v) is 4.33. The molecular formula is C16H17NNiO3S2. The fraction of sp³-hybridized carbons (Fsp3) is 0.250. The number of sulfone groups is 1. The zero-order chi connectivity index (χ0) is 17.2. The van der Waals surface area contributed by atoms with E-state index >= 15 is 0 Å². The molecule has 0 fully saturated rings. The predicted octanol–water partition coefficient (Wildman–Crippen LogP) is 2.08. The quantitative estimate of drug-likeness (QED) is 0.615. The van der Waals surface area contributed by atoms with Crippen LogP contribution >= 0.6 is 11.3 Å². The second-order valence-electron chi connectivity index (χ2n) is 5.26. The zero-order valence-corrected chi connectivity index (χ0v) is 15.4. The van der Waals surface area contributed by atoms with E-state index in [1.54, 1.807) is 17.4 Å². The Bertz CT molecular complexity index is 812. The molecule has 4 nitrogen and oxygen atoms in total. The minimum absolute atomic E-state index is 0.115. The third-order valence-corrected chi connectivity index (χ3v) is 6.36. The van der Waals surface area contributed by atoms with E-state index in [0.717, 1.165) is 15.9 Å². The van der Waals surface area contributed by atoms with E-state index in [1.165, 1.54) is 22.6 Å². The van der Waals surface area contributed by atoms with Crippen LogP contribution in [0, 0.1) is 13.8 Å². The first-order chi connectivity index (χ1) is 10.7. The SMILES string of the molecule is C=C(/C=C\[C](=[Ni])C(=O)N[C@@H]1C=CS(=O)(=O)C1)c1cc(C)c(C)s1. The molecule has 1 N–H and O–H groups in total. The van der Waals surface area contributed by atoms with Gasteiger partial charge in [-0.1, -0.05) is 0 Å². The average Bonchev–Trinajstić information content (AvgIpc) is 2.98. The number of hydrogen-bond donors (Lipinski definition) is 1. The molecule has 0 radical (unpaired) electrons. The topological polar surface area (TPSA) is 63.2 Å². The van der Waals surface area contributed by atoms with E-state index in [9.17, 15) is 13.2 Å². The van der Waals surface area contributed by atoms with Crippen LogP contribution in [0.2, 0.25) is 0 Å². The van der Waals surface area contributed by atoms with Gasteiger partial charge in [0, 0.05) is 0 Å². The summed E-state index contributed by atoms with van der Waals surface area (Å²) in [6.45, 7) is 8.06. The van der Waals surface area contributed by atoms with Gasteiger partial charge >= 0.3 is 148 Å². The van der Waals surface area contributed by atoms with Crippen LogP contribution in [0.25, 0.3) is 5.57 Å². The maximum atomic E-state index is 12.0. The summed E-state index contributed by atoms with van der Waals surface area (Å²) in [4.78, 5) is 14.2. The van der Waals surface area contributed by atoms with Crippen LogP contribution in [-0.4, -0.2) is 30.6 Å². The number of nitrogens with one attached hydrogen (secondary N) is 1. The van der Waals surface area contributed by atoms with Crippen molar-refractivity contribution in [3.05, 3.63) is 51.6 Å². The Hall–Kier alpha value is -1.30. The van der Waals surface area contributed by atoms with Gasteiger partial charge in [-0.3, -0.25) is 0 Å². The number of thiophene rings is 1. The van der Waals surface area contributed by atoms with Crippen LogP contribution in [0.15, 0.2) is 36.3 Å². The molecule has 0 saturated carbocycles. The van der Waals surface area contributed by atoms with Crippen LogP contribution in [-0.2, 0) is 29.7 Å². The molecule has 1 aromatic heterocycles. The summed E-state index contributed by atoms with van der Waals surface area (Å²) in [6, 6.07) is 1.53. The zero-order valence-electron chi connectivity index (χ0n) is 12.7. The number of amides is 1. The summed E-state index contributed by atoms with van der Waals surface area (Å²) >= 11 is 6.36. The predicted molar refractivity (Wildman–Crippen MR) is 91.8 cm³/mol. The van der Waals surface area contributed by atoms with E-state index in [1.807, 2.05) is 19.9 Å². The first kappa shape index (κ1) is 18.0. The van der Waals surface area contributed by atoms with Gasteiger partial charge in [0.25, 0.3) is 0 Å². The van der Waals surface area contributed by atoms with Crippen molar-refractivity contribution in [3.8, 4) is 0 Å². The Balaban J connectivity index is 1.94. The summed E-state index contributed by atoms with van der Waals surface area (Å²) in [5.41, 5.74) is 1.99. The van der Waals surface area contributed by atoms with Crippen molar-refractivity contribution in [3.63, 3.8) is 0 Å². The Kier molecular flexibility index (Phi) is 5.55. The Morgan fingerprint density at radius 3 is 2.65 bits per heavy atom. The van der Waals surface area contributed by atoms with Gasteiger partial charge < -0.3 is 0 Å². The molecule has 0 aromatic carbocycles. The first-order valence-electron chi connectivity index (χ1n) is 6.83. The van der Waals surface area contributed by atoms with Gasteiger partial charge in [0.15, 0.2) is 0 Å². The van der Waals surface area contributed by atoms with Crippen LogP contribution in [0.4, 0.5) is 0 Å². The Labute approximate surface area is 147 Å². The van der Waals surface area contributed by atoms with Gasteiger partial charge in [-0.25, -0.2) is 0 Å². The van der Waals surface area contributed by atoms with Gasteiger partial charge in [0.2, 0.25) is 0 Å². The van der Waals surface area contributed by atoms with Crippen molar-refractivity contribution in [1.82, 2.24) is 5.32 Å². The average molecular weight is 394 g/mol. The Morgan fingerprint density at radius 1 is 1.43 bits per heavy atom. The first-order valence-corrected chi connectivity index (χ1v) is 9.86. The Morgan fingerprint density at radius 2 is 2.13 bits per heavy atom. The number of allylic oxidation sites excluding steroid dienone is 2. The van der Waals surface area contributed by atoms with Crippen molar-refractivity contribution >= 4 is 37.1 Å². The number of hydrogen-bond acceptors (Lipinski definition) is 4. The van der Waals surface area contributed by atoms with Crippen molar-refractivity contribution in [1.29, 1.82) is 0 Å². The number of aryl methyl sites for hydroxylation is 2. The molecule has 7 heteroatoms. The monoisotopic (exact) mass is 393 g/mol. The van der Waals surface area contributed by atoms with Crippen molar-refractivity contribution in [2.75, 3.05) is 5.75 Å². The number of rotatable bonds is 5. The summed E-state index contributed by atoms with van der Waals surface area (Å²) in [6.07, 6.45) is 4.71.